The number of hydrogen-bond donors (Lipinski definition) is 1. The summed E-state index contributed by atoms with van der Waals surface area (Å²) < 4.78 is 20.8. The van der Waals surface area contributed by atoms with Crippen molar-refractivity contribution < 1.29 is 13.9 Å². The van der Waals surface area contributed by atoms with Crippen LogP contribution in [0.15, 0.2) is 77.9 Å². The third kappa shape index (κ3) is 4.54. The van der Waals surface area contributed by atoms with E-state index in [0.717, 1.165) is 33.5 Å². The predicted octanol–water partition coefficient (Wildman–Crippen LogP) is 5.30. The second-order valence-corrected chi connectivity index (χ2v) is 7.39. The van der Waals surface area contributed by atoms with Gasteiger partial charge in [0.05, 0.1) is 12.8 Å². The second-order valence-electron chi connectivity index (χ2n) is 7.39. The van der Waals surface area contributed by atoms with Crippen molar-refractivity contribution in [3.05, 3.63) is 101 Å². The highest BCUT2D eigenvalue weighted by molar-refractivity contribution is 6.02. The average Bonchev–Trinajstić information content (AvgIpc) is 3.07. The average molecular weight is 429 g/mol. The van der Waals surface area contributed by atoms with E-state index in [4.69, 9.17) is 4.74 Å². The maximum atomic E-state index is 13.3. The van der Waals surface area contributed by atoms with Crippen molar-refractivity contribution in [3.8, 4) is 5.75 Å². The van der Waals surface area contributed by atoms with Crippen LogP contribution < -0.4 is 10.2 Å². The molecular weight excluding hydrogens is 405 g/mol. The third-order valence-electron chi connectivity index (χ3n) is 5.32. The van der Waals surface area contributed by atoms with Gasteiger partial charge in [0.1, 0.15) is 11.6 Å². The molecule has 0 radical (unpaired) electrons. The molecule has 1 heterocycles. The molecule has 162 valence electrons. The zero-order valence-electron chi connectivity index (χ0n) is 18.0. The molecule has 0 saturated carbocycles. The second kappa shape index (κ2) is 9.47. The van der Waals surface area contributed by atoms with E-state index in [1.54, 1.807) is 42.6 Å². The predicted molar refractivity (Wildman–Crippen MR) is 125 cm³/mol. The van der Waals surface area contributed by atoms with Crippen LogP contribution in [0, 0.1) is 12.7 Å². The smallest absolute Gasteiger partial charge is 0.271 e. The molecule has 1 aromatic heterocycles. The summed E-state index contributed by atoms with van der Waals surface area (Å²) in [6.45, 7) is 5.11. The minimum absolute atomic E-state index is 0.251. The highest BCUT2D eigenvalue weighted by Crippen LogP contribution is 2.25. The number of halogens is 1. The van der Waals surface area contributed by atoms with Crippen LogP contribution in [0.1, 0.15) is 34.1 Å². The third-order valence-corrected chi connectivity index (χ3v) is 5.32. The first-order chi connectivity index (χ1) is 15.6. The molecule has 3 aromatic carbocycles. The van der Waals surface area contributed by atoms with Crippen LogP contribution in [-0.4, -0.2) is 23.3 Å². The van der Waals surface area contributed by atoms with E-state index < -0.39 is 0 Å². The summed E-state index contributed by atoms with van der Waals surface area (Å²) in [4.78, 5) is 12.4. The Labute approximate surface area is 186 Å². The standard InChI is InChI=1S/C26H24FN3O2/c1-3-32-22-14-10-20(11-15-22)26(31)29-28-16-24-18(2)30(25-7-5-4-6-23(24)25)17-19-8-12-21(27)13-9-19/h4-16H,3,17H2,1-2H3,(H,29,31)/b28-16-. The van der Waals surface area contributed by atoms with Gasteiger partial charge in [-0.1, -0.05) is 30.3 Å². The van der Waals surface area contributed by atoms with Gasteiger partial charge in [0, 0.05) is 34.3 Å². The largest absolute Gasteiger partial charge is 0.494 e. The molecule has 4 aromatic rings. The van der Waals surface area contributed by atoms with E-state index >= 15 is 0 Å². The first kappa shape index (κ1) is 21.3. The molecular formula is C26H24FN3O2. The number of nitrogens with one attached hydrogen (secondary N) is 1. The quantitative estimate of drug-likeness (QED) is 0.320. The molecule has 1 amide bonds. The fourth-order valence-corrected chi connectivity index (χ4v) is 3.69. The number of benzene rings is 3. The molecule has 0 saturated heterocycles. The van der Waals surface area contributed by atoms with Gasteiger partial charge >= 0.3 is 0 Å². The molecule has 0 spiro atoms. The van der Waals surface area contributed by atoms with E-state index in [1.165, 1.54) is 12.1 Å². The normalized spacial score (nSPS) is 11.2. The summed E-state index contributed by atoms with van der Waals surface area (Å²) in [6.07, 6.45) is 1.67. The maximum Gasteiger partial charge on any atom is 0.271 e. The number of rotatable bonds is 7. The lowest BCUT2D eigenvalue weighted by molar-refractivity contribution is 0.0955. The molecule has 32 heavy (non-hydrogen) atoms. The molecule has 4 rings (SSSR count). The Morgan fingerprint density at radius 3 is 2.50 bits per heavy atom. The SMILES string of the molecule is CCOc1ccc(C(=O)N/N=C\c2c(C)n(Cc3ccc(F)cc3)c3ccccc23)cc1. The van der Waals surface area contributed by atoms with Crippen molar-refractivity contribution in [1.82, 2.24) is 9.99 Å². The lowest BCUT2D eigenvalue weighted by atomic mass is 10.1. The van der Waals surface area contributed by atoms with Crippen LogP contribution in [-0.2, 0) is 6.54 Å². The van der Waals surface area contributed by atoms with Gasteiger partial charge < -0.3 is 9.30 Å². The minimum atomic E-state index is -0.294. The number of nitrogens with zero attached hydrogens (tertiary/aromatic N) is 2. The molecule has 1 N–H and O–H groups in total. The number of hydrazone groups is 1. The number of fused-ring (bicyclic) bond motifs is 1. The maximum absolute atomic E-state index is 13.3. The van der Waals surface area contributed by atoms with Crippen LogP contribution in [0.25, 0.3) is 10.9 Å². The van der Waals surface area contributed by atoms with Crippen molar-refractivity contribution in [2.75, 3.05) is 6.61 Å². The molecule has 0 unspecified atom stereocenters. The number of carbonyl (C=O) groups excluding carboxylic acids is 1. The highest BCUT2D eigenvalue weighted by Gasteiger charge is 2.13. The molecule has 0 aliphatic rings. The lowest BCUT2D eigenvalue weighted by Crippen LogP contribution is -2.17. The monoisotopic (exact) mass is 429 g/mol. The zero-order valence-corrected chi connectivity index (χ0v) is 18.0. The Hall–Kier alpha value is -3.93. The van der Waals surface area contributed by atoms with Crippen LogP contribution >= 0.6 is 0 Å². The summed E-state index contributed by atoms with van der Waals surface area (Å²) in [5.41, 5.74) is 7.08. The van der Waals surface area contributed by atoms with E-state index in [9.17, 15) is 9.18 Å². The number of ether oxygens (including phenoxy) is 1. The minimum Gasteiger partial charge on any atom is -0.494 e. The van der Waals surface area contributed by atoms with Gasteiger partial charge in [-0.25, -0.2) is 9.82 Å². The number of amides is 1. The number of hydrogen-bond acceptors (Lipinski definition) is 3. The lowest BCUT2D eigenvalue weighted by Gasteiger charge is -2.08. The van der Waals surface area contributed by atoms with Gasteiger partial charge in [-0.3, -0.25) is 4.79 Å². The topological polar surface area (TPSA) is 55.6 Å². The van der Waals surface area contributed by atoms with Crippen LogP contribution in [0.2, 0.25) is 0 Å². The first-order valence-electron chi connectivity index (χ1n) is 10.5. The van der Waals surface area contributed by atoms with E-state index in [1.807, 2.05) is 38.1 Å². The van der Waals surface area contributed by atoms with Gasteiger partial charge in [0.2, 0.25) is 0 Å². The van der Waals surface area contributed by atoms with Crippen LogP contribution in [0.5, 0.6) is 5.75 Å². The Bertz CT molecular complexity index is 1260. The van der Waals surface area contributed by atoms with Gasteiger partial charge in [0.15, 0.2) is 0 Å². The van der Waals surface area contributed by atoms with Crippen molar-refractivity contribution in [2.45, 2.75) is 20.4 Å². The van der Waals surface area contributed by atoms with Gasteiger partial charge in [-0.05, 0) is 61.9 Å². The Kier molecular flexibility index (Phi) is 6.31. The zero-order chi connectivity index (χ0) is 22.5. The number of para-hydroxylation sites is 1. The summed E-state index contributed by atoms with van der Waals surface area (Å²) in [5, 5.41) is 5.23. The molecule has 5 nitrogen and oxygen atoms in total. The van der Waals surface area contributed by atoms with Gasteiger partial charge in [0.25, 0.3) is 5.91 Å². The highest BCUT2D eigenvalue weighted by atomic mass is 19.1. The van der Waals surface area contributed by atoms with Crippen molar-refractivity contribution in [3.63, 3.8) is 0 Å². The Balaban J connectivity index is 1.56. The summed E-state index contributed by atoms with van der Waals surface area (Å²) in [6, 6.07) is 21.5. The van der Waals surface area contributed by atoms with Crippen molar-refractivity contribution >= 4 is 23.0 Å². The van der Waals surface area contributed by atoms with Crippen molar-refractivity contribution in [2.24, 2.45) is 5.10 Å². The molecule has 6 heteroatoms. The fourth-order valence-electron chi connectivity index (χ4n) is 3.69. The van der Waals surface area contributed by atoms with Crippen LogP contribution in [0.4, 0.5) is 4.39 Å². The molecule has 0 aliphatic carbocycles. The molecule has 0 bridgehead atoms. The van der Waals surface area contributed by atoms with Crippen molar-refractivity contribution in [1.29, 1.82) is 0 Å². The first-order valence-corrected chi connectivity index (χ1v) is 10.5. The molecule has 0 atom stereocenters. The summed E-state index contributed by atoms with van der Waals surface area (Å²) in [5.74, 6) is 0.174. The van der Waals surface area contributed by atoms with E-state index in [0.29, 0.717) is 18.7 Å². The number of aromatic nitrogens is 1. The number of carbonyl (C=O) groups is 1. The Morgan fingerprint density at radius 2 is 1.78 bits per heavy atom. The van der Waals surface area contributed by atoms with E-state index in [-0.39, 0.29) is 11.7 Å². The molecule has 0 fully saturated rings. The molecule has 0 aliphatic heterocycles. The van der Waals surface area contributed by atoms with Gasteiger partial charge in [-0.15, -0.1) is 0 Å². The van der Waals surface area contributed by atoms with Gasteiger partial charge in [-0.2, -0.15) is 5.10 Å². The van der Waals surface area contributed by atoms with E-state index in [2.05, 4.69) is 15.1 Å². The summed E-state index contributed by atoms with van der Waals surface area (Å²) in [7, 11) is 0. The Morgan fingerprint density at radius 1 is 1.06 bits per heavy atom. The van der Waals surface area contributed by atoms with Crippen LogP contribution in [0.3, 0.4) is 0 Å². The fraction of sp³-hybridized carbons (Fsp3) is 0.154. The summed E-state index contributed by atoms with van der Waals surface area (Å²) >= 11 is 0.